The Morgan fingerprint density at radius 3 is 2.14 bits per heavy atom. The maximum atomic E-state index is 13.9. The molecule has 208 valence electrons. The zero-order chi connectivity index (χ0) is 26.1. The first-order valence-electron chi connectivity index (χ1n) is 15.5. The molecule has 5 fully saturated rings. The molecular formula is C32H53F3O. The Balaban J connectivity index is 1.25. The van der Waals surface area contributed by atoms with Crippen molar-refractivity contribution >= 4 is 0 Å². The predicted octanol–water partition coefficient (Wildman–Crippen LogP) is 9.57. The largest absolute Gasteiger partial charge is 0.394 e. The van der Waals surface area contributed by atoms with Crippen LogP contribution in [-0.4, -0.2) is 16.9 Å². The maximum Gasteiger partial charge on any atom is 0.394 e. The van der Waals surface area contributed by atoms with Gasteiger partial charge in [0.05, 0.1) is 11.0 Å². The zero-order valence-corrected chi connectivity index (χ0v) is 23.7. The molecule has 4 heteroatoms. The number of hydrogen-bond donors (Lipinski definition) is 1. The summed E-state index contributed by atoms with van der Waals surface area (Å²) in [7, 11) is 0. The summed E-state index contributed by atoms with van der Waals surface area (Å²) in [6.45, 7) is 11.2. The van der Waals surface area contributed by atoms with Gasteiger partial charge in [0.25, 0.3) is 0 Å². The second-order valence-electron chi connectivity index (χ2n) is 15.6. The van der Waals surface area contributed by atoms with Crippen LogP contribution >= 0.6 is 0 Å². The topological polar surface area (TPSA) is 20.2 Å². The summed E-state index contributed by atoms with van der Waals surface area (Å²) in [5.41, 5.74) is -1.44. The summed E-state index contributed by atoms with van der Waals surface area (Å²) in [6.07, 6.45) is 11.0. The first-order valence-corrected chi connectivity index (χ1v) is 15.5. The lowest BCUT2D eigenvalue weighted by Gasteiger charge is -2.62. The molecule has 5 rings (SSSR count). The molecule has 36 heavy (non-hydrogen) atoms. The number of hydrogen-bond acceptors (Lipinski definition) is 1. The third kappa shape index (κ3) is 4.40. The standard InChI is InChI=1S/C32H53F3O/c1-21-10-15-31(36,16-11-21)17-12-22(2)25-8-9-26-24-7-6-23-20-28(3,32(33,34)35)18-19-29(23,4)27(24)13-14-30(25,26)5/h21-27,36H,6-20H2,1-5H3/t21?,22-,23+,24+,25-,26+,27+,28-,29+,30-,31?/m1/s1. The molecular weight excluding hydrogens is 457 g/mol. The minimum atomic E-state index is -4.08. The molecule has 0 unspecified atom stereocenters. The summed E-state index contributed by atoms with van der Waals surface area (Å²) in [4.78, 5) is 0. The van der Waals surface area contributed by atoms with Crippen LogP contribution in [0.1, 0.15) is 131 Å². The van der Waals surface area contributed by atoms with Crippen LogP contribution in [0.3, 0.4) is 0 Å². The van der Waals surface area contributed by atoms with Crippen LogP contribution in [-0.2, 0) is 0 Å². The number of fused-ring (bicyclic) bond motifs is 5. The Morgan fingerprint density at radius 1 is 0.806 bits per heavy atom. The Hall–Kier alpha value is -0.250. The van der Waals surface area contributed by atoms with E-state index in [9.17, 15) is 18.3 Å². The van der Waals surface area contributed by atoms with Crippen molar-refractivity contribution < 1.29 is 18.3 Å². The third-order valence-electron chi connectivity index (χ3n) is 13.7. The average Bonchev–Trinajstić information content (AvgIpc) is 3.17. The number of halogens is 3. The summed E-state index contributed by atoms with van der Waals surface area (Å²) in [5, 5.41) is 11.2. The Morgan fingerprint density at radius 2 is 1.47 bits per heavy atom. The molecule has 0 aromatic carbocycles. The van der Waals surface area contributed by atoms with Crippen LogP contribution in [0.4, 0.5) is 13.2 Å². The van der Waals surface area contributed by atoms with Gasteiger partial charge in [-0.25, -0.2) is 0 Å². The highest BCUT2D eigenvalue weighted by molar-refractivity contribution is 5.11. The van der Waals surface area contributed by atoms with E-state index in [1.165, 1.54) is 45.4 Å². The number of rotatable bonds is 4. The van der Waals surface area contributed by atoms with Crippen molar-refractivity contribution in [3.8, 4) is 0 Å². The second-order valence-corrected chi connectivity index (χ2v) is 15.6. The van der Waals surface area contributed by atoms with E-state index in [-0.39, 0.29) is 11.3 Å². The molecule has 0 amide bonds. The lowest BCUT2D eigenvalue weighted by molar-refractivity contribution is -0.251. The van der Waals surface area contributed by atoms with E-state index >= 15 is 0 Å². The van der Waals surface area contributed by atoms with Gasteiger partial charge < -0.3 is 5.11 Å². The van der Waals surface area contributed by atoms with Gasteiger partial charge in [-0.1, -0.05) is 34.6 Å². The summed E-state index contributed by atoms with van der Waals surface area (Å²) >= 11 is 0. The van der Waals surface area contributed by atoms with Crippen LogP contribution in [0.25, 0.3) is 0 Å². The van der Waals surface area contributed by atoms with Crippen molar-refractivity contribution in [1.29, 1.82) is 0 Å². The lowest BCUT2D eigenvalue weighted by atomic mass is 9.42. The molecule has 5 saturated carbocycles. The van der Waals surface area contributed by atoms with Gasteiger partial charge in [0, 0.05) is 0 Å². The molecule has 0 spiro atoms. The van der Waals surface area contributed by atoms with Crippen LogP contribution in [0.2, 0.25) is 0 Å². The molecule has 0 bridgehead atoms. The quantitative estimate of drug-likeness (QED) is 0.399. The fourth-order valence-electron chi connectivity index (χ4n) is 10.9. The Labute approximate surface area is 218 Å². The van der Waals surface area contributed by atoms with E-state index in [1.807, 2.05) is 0 Å². The van der Waals surface area contributed by atoms with E-state index in [1.54, 1.807) is 0 Å². The van der Waals surface area contributed by atoms with Crippen molar-refractivity contribution in [2.75, 3.05) is 0 Å². The molecule has 9 atom stereocenters. The fraction of sp³-hybridized carbons (Fsp3) is 1.00. The van der Waals surface area contributed by atoms with Crippen molar-refractivity contribution in [1.82, 2.24) is 0 Å². The van der Waals surface area contributed by atoms with E-state index in [2.05, 4.69) is 27.7 Å². The van der Waals surface area contributed by atoms with Gasteiger partial charge in [0.2, 0.25) is 0 Å². The van der Waals surface area contributed by atoms with Crippen molar-refractivity contribution in [2.24, 2.45) is 57.7 Å². The second kappa shape index (κ2) is 9.16. The monoisotopic (exact) mass is 510 g/mol. The average molecular weight is 511 g/mol. The number of aliphatic hydroxyl groups is 1. The van der Waals surface area contributed by atoms with Crippen LogP contribution in [0.5, 0.6) is 0 Å². The smallest absolute Gasteiger partial charge is 0.390 e. The predicted molar refractivity (Wildman–Crippen MR) is 140 cm³/mol. The van der Waals surface area contributed by atoms with Crippen LogP contribution in [0, 0.1) is 57.7 Å². The molecule has 1 N–H and O–H groups in total. The van der Waals surface area contributed by atoms with Gasteiger partial charge in [0.1, 0.15) is 0 Å². The maximum absolute atomic E-state index is 13.9. The summed E-state index contributed by atoms with van der Waals surface area (Å²) < 4.78 is 41.7. The highest BCUT2D eigenvalue weighted by Gasteiger charge is 2.64. The van der Waals surface area contributed by atoms with Gasteiger partial charge in [0.15, 0.2) is 0 Å². The molecule has 0 saturated heterocycles. The number of alkyl halides is 3. The SMILES string of the molecule is CC1CCC(O)(CC[C@@H](C)[C@H]2CC[C@H]3[C@@H]4CC[C@H]5C[C@](C)(C(F)(F)F)CC[C@]5(C)[C@H]4CC[C@]23C)CC1. The molecule has 0 aromatic heterocycles. The molecule has 1 nitrogen and oxygen atoms in total. The van der Waals surface area contributed by atoms with Crippen LogP contribution < -0.4 is 0 Å². The molecule has 5 aliphatic carbocycles. The van der Waals surface area contributed by atoms with Crippen molar-refractivity contribution in [2.45, 2.75) is 143 Å². The van der Waals surface area contributed by atoms with Gasteiger partial charge in [-0.15, -0.1) is 0 Å². The highest BCUT2D eigenvalue weighted by Crippen LogP contribution is 2.70. The summed E-state index contributed by atoms with van der Waals surface area (Å²) in [6, 6.07) is 0. The molecule has 0 aliphatic heterocycles. The molecule has 5 aliphatic rings. The van der Waals surface area contributed by atoms with Gasteiger partial charge >= 0.3 is 6.18 Å². The first-order chi connectivity index (χ1) is 16.7. The van der Waals surface area contributed by atoms with E-state index in [0.717, 1.165) is 62.7 Å². The summed E-state index contributed by atoms with van der Waals surface area (Å²) in [5.74, 6) is 4.45. The normalized spacial score (nSPS) is 52.2. The minimum Gasteiger partial charge on any atom is -0.390 e. The van der Waals surface area contributed by atoms with Gasteiger partial charge in [-0.2, -0.15) is 13.2 Å². The fourth-order valence-corrected chi connectivity index (χ4v) is 10.9. The van der Waals surface area contributed by atoms with Crippen LogP contribution in [0.15, 0.2) is 0 Å². The third-order valence-corrected chi connectivity index (χ3v) is 13.7. The van der Waals surface area contributed by atoms with Gasteiger partial charge in [-0.3, -0.25) is 0 Å². The highest BCUT2D eigenvalue weighted by atomic mass is 19.4. The van der Waals surface area contributed by atoms with E-state index in [4.69, 9.17) is 0 Å². The Kier molecular flexibility index (Phi) is 6.95. The Bertz CT molecular complexity index is 800. The van der Waals surface area contributed by atoms with E-state index in [0.29, 0.717) is 36.0 Å². The van der Waals surface area contributed by atoms with Crippen molar-refractivity contribution in [3.63, 3.8) is 0 Å². The van der Waals surface area contributed by atoms with Crippen molar-refractivity contribution in [3.05, 3.63) is 0 Å². The first kappa shape index (κ1) is 27.3. The van der Waals surface area contributed by atoms with Gasteiger partial charge in [-0.05, 0) is 149 Å². The minimum absolute atomic E-state index is 0.0973. The lowest BCUT2D eigenvalue weighted by Crippen LogP contribution is -2.56. The molecule has 0 aromatic rings. The zero-order valence-electron chi connectivity index (χ0n) is 23.7. The molecule has 0 radical (unpaired) electrons. The molecule has 0 heterocycles. The van der Waals surface area contributed by atoms with E-state index < -0.39 is 17.2 Å².